The fraction of sp³-hybridized carbons (Fsp3) is 0.533. The number of hydrogen-bond donors (Lipinski definition) is 1. The van der Waals surface area contributed by atoms with E-state index in [-0.39, 0.29) is 11.6 Å². The van der Waals surface area contributed by atoms with Gasteiger partial charge in [-0.05, 0) is 36.5 Å². The van der Waals surface area contributed by atoms with E-state index < -0.39 is 0 Å². The number of nitrogens with one attached hydrogen (secondary N) is 1. The van der Waals surface area contributed by atoms with E-state index >= 15 is 0 Å². The third kappa shape index (κ3) is 6.02. The van der Waals surface area contributed by atoms with Gasteiger partial charge in [0.05, 0.1) is 6.61 Å². The van der Waals surface area contributed by atoms with E-state index in [0.717, 1.165) is 18.4 Å². The molecule has 1 N–H and O–H groups in total. The second-order valence-corrected chi connectivity index (χ2v) is 4.78. The predicted molar refractivity (Wildman–Crippen MR) is 75.3 cm³/mol. The first-order valence-electron chi connectivity index (χ1n) is 6.74. The minimum Gasteiger partial charge on any atom is -0.488 e. The number of ether oxygens (including phenoxy) is 2. The SMILES string of the molecule is COCCOc1cc(CCC(C)CNC=O)ccc1F. The summed E-state index contributed by atoms with van der Waals surface area (Å²) in [5, 5.41) is 2.66. The van der Waals surface area contributed by atoms with Crippen LogP contribution in [0, 0.1) is 11.7 Å². The predicted octanol–water partition coefficient (Wildman–Crippen LogP) is 2.17. The molecule has 1 amide bonds. The molecule has 0 heterocycles. The Balaban J connectivity index is 2.49. The minimum atomic E-state index is -0.361. The van der Waals surface area contributed by atoms with Gasteiger partial charge in [-0.3, -0.25) is 4.79 Å². The second kappa shape index (κ2) is 9.31. The van der Waals surface area contributed by atoms with Crippen molar-refractivity contribution in [2.75, 3.05) is 26.9 Å². The lowest BCUT2D eigenvalue weighted by atomic mass is 10.0. The number of rotatable bonds is 10. The summed E-state index contributed by atoms with van der Waals surface area (Å²) in [6.07, 6.45) is 2.45. The maximum absolute atomic E-state index is 13.5. The molecule has 1 aromatic rings. The molecule has 0 radical (unpaired) electrons. The average molecular weight is 283 g/mol. The van der Waals surface area contributed by atoms with Gasteiger partial charge in [-0.15, -0.1) is 0 Å². The largest absolute Gasteiger partial charge is 0.488 e. The molecule has 0 fully saturated rings. The molecule has 0 aliphatic carbocycles. The van der Waals surface area contributed by atoms with Gasteiger partial charge < -0.3 is 14.8 Å². The van der Waals surface area contributed by atoms with Crippen LogP contribution in [0.3, 0.4) is 0 Å². The summed E-state index contributed by atoms with van der Waals surface area (Å²) in [5.74, 6) is 0.279. The molecule has 112 valence electrons. The van der Waals surface area contributed by atoms with Crippen molar-refractivity contribution in [3.63, 3.8) is 0 Å². The highest BCUT2D eigenvalue weighted by Gasteiger charge is 2.07. The number of aryl methyl sites for hydroxylation is 1. The molecule has 20 heavy (non-hydrogen) atoms. The molecule has 0 bridgehead atoms. The first-order chi connectivity index (χ1) is 9.67. The standard InChI is InChI=1S/C15H22FNO3/c1-12(10-17-11-18)3-4-13-5-6-14(16)15(9-13)20-8-7-19-2/h5-6,9,11-12H,3-4,7-8,10H2,1-2H3,(H,17,18). The van der Waals surface area contributed by atoms with Crippen LogP contribution in [-0.2, 0) is 16.0 Å². The van der Waals surface area contributed by atoms with Crippen molar-refractivity contribution in [2.24, 2.45) is 5.92 Å². The lowest BCUT2D eigenvalue weighted by Gasteiger charge is -2.12. The second-order valence-electron chi connectivity index (χ2n) is 4.78. The van der Waals surface area contributed by atoms with Gasteiger partial charge in [-0.1, -0.05) is 13.0 Å². The fourth-order valence-corrected chi connectivity index (χ4v) is 1.81. The van der Waals surface area contributed by atoms with Crippen molar-refractivity contribution in [1.82, 2.24) is 5.32 Å². The summed E-state index contributed by atoms with van der Waals surface area (Å²) in [6.45, 7) is 3.48. The van der Waals surface area contributed by atoms with Gasteiger partial charge in [0, 0.05) is 13.7 Å². The van der Waals surface area contributed by atoms with Crippen molar-refractivity contribution < 1.29 is 18.7 Å². The number of carbonyl (C=O) groups excluding carboxylic acids is 1. The minimum absolute atomic E-state index is 0.262. The monoisotopic (exact) mass is 283 g/mol. The molecule has 0 aromatic heterocycles. The third-order valence-corrected chi connectivity index (χ3v) is 3.02. The Bertz CT molecular complexity index is 412. The summed E-state index contributed by atoms with van der Waals surface area (Å²) in [7, 11) is 1.57. The van der Waals surface area contributed by atoms with Crippen LogP contribution in [0.2, 0.25) is 0 Å². The van der Waals surface area contributed by atoms with E-state index in [1.165, 1.54) is 6.07 Å². The highest BCUT2D eigenvalue weighted by molar-refractivity contribution is 5.45. The molecule has 1 aromatic carbocycles. The Morgan fingerprint density at radius 3 is 2.90 bits per heavy atom. The Kier molecular flexibility index (Phi) is 7.65. The van der Waals surface area contributed by atoms with Crippen LogP contribution in [-0.4, -0.2) is 33.3 Å². The van der Waals surface area contributed by atoms with E-state index in [1.54, 1.807) is 19.2 Å². The zero-order valence-corrected chi connectivity index (χ0v) is 12.0. The first kappa shape index (κ1) is 16.4. The van der Waals surface area contributed by atoms with Gasteiger partial charge in [0.1, 0.15) is 6.61 Å². The molecule has 1 unspecified atom stereocenters. The van der Waals surface area contributed by atoms with Crippen LogP contribution in [0.1, 0.15) is 18.9 Å². The number of benzene rings is 1. The van der Waals surface area contributed by atoms with Gasteiger partial charge in [-0.2, -0.15) is 0 Å². The van der Waals surface area contributed by atoms with E-state index in [4.69, 9.17) is 9.47 Å². The van der Waals surface area contributed by atoms with Crippen LogP contribution < -0.4 is 10.1 Å². The number of hydrogen-bond acceptors (Lipinski definition) is 3. The molecule has 4 nitrogen and oxygen atoms in total. The van der Waals surface area contributed by atoms with Gasteiger partial charge in [0.25, 0.3) is 0 Å². The Labute approximate surface area is 119 Å². The maximum Gasteiger partial charge on any atom is 0.207 e. The van der Waals surface area contributed by atoms with Crippen LogP contribution in [0.15, 0.2) is 18.2 Å². The summed E-state index contributed by atoms with van der Waals surface area (Å²) in [6, 6.07) is 4.91. The summed E-state index contributed by atoms with van der Waals surface area (Å²) in [5.41, 5.74) is 1.02. The van der Waals surface area contributed by atoms with Gasteiger partial charge in [0.2, 0.25) is 6.41 Å². The normalized spacial score (nSPS) is 11.9. The number of halogens is 1. The van der Waals surface area contributed by atoms with Gasteiger partial charge in [-0.25, -0.2) is 4.39 Å². The zero-order chi connectivity index (χ0) is 14.8. The van der Waals surface area contributed by atoms with Gasteiger partial charge in [0.15, 0.2) is 11.6 Å². The molecule has 0 aliphatic heterocycles. The van der Waals surface area contributed by atoms with Crippen molar-refractivity contribution in [3.05, 3.63) is 29.6 Å². The molecule has 0 aliphatic rings. The van der Waals surface area contributed by atoms with Crippen molar-refractivity contribution in [2.45, 2.75) is 19.8 Å². The summed E-state index contributed by atoms with van der Waals surface area (Å²) in [4.78, 5) is 10.2. The van der Waals surface area contributed by atoms with E-state index in [9.17, 15) is 9.18 Å². The van der Waals surface area contributed by atoms with Gasteiger partial charge >= 0.3 is 0 Å². The maximum atomic E-state index is 13.5. The summed E-state index contributed by atoms with van der Waals surface area (Å²) < 4.78 is 23.7. The lowest BCUT2D eigenvalue weighted by molar-refractivity contribution is -0.109. The quantitative estimate of drug-likeness (QED) is 0.529. The molecule has 5 heteroatoms. The van der Waals surface area contributed by atoms with Crippen LogP contribution in [0.5, 0.6) is 5.75 Å². The number of carbonyl (C=O) groups is 1. The molecular weight excluding hydrogens is 261 g/mol. The third-order valence-electron chi connectivity index (χ3n) is 3.02. The number of amides is 1. The van der Waals surface area contributed by atoms with Crippen LogP contribution in [0.25, 0.3) is 0 Å². The van der Waals surface area contributed by atoms with E-state index in [2.05, 4.69) is 12.2 Å². The molecular formula is C15H22FNO3. The van der Waals surface area contributed by atoms with Crippen molar-refractivity contribution in [3.8, 4) is 5.75 Å². The Morgan fingerprint density at radius 1 is 1.40 bits per heavy atom. The first-order valence-corrected chi connectivity index (χ1v) is 6.74. The molecule has 1 rings (SSSR count). The Morgan fingerprint density at radius 2 is 2.20 bits per heavy atom. The highest BCUT2D eigenvalue weighted by Crippen LogP contribution is 2.20. The fourth-order valence-electron chi connectivity index (χ4n) is 1.81. The zero-order valence-electron chi connectivity index (χ0n) is 12.0. The topological polar surface area (TPSA) is 47.6 Å². The highest BCUT2D eigenvalue weighted by atomic mass is 19.1. The average Bonchev–Trinajstić information content (AvgIpc) is 2.45. The van der Waals surface area contributed by atoms with E-state index in [0.29, 0.717) is 32.1 Å². The van der Waals surface area contributed by atoms with Crippen molar-refractivity contribution >= 4 is 6.41 Å². The smallest absolute Gasteiger partial charge is 0.207 e. The molecule has 0 saturated heterocycles. The summed E-state index contributed by atoms with van der Waals surface area (Å²) >= 11 is 0. The van der Waals surface area contributed by atoms with Crippen LogP contribution >= 0.6 is 0 Å². The Hall–Kier alpha value is -1.62. The molecule has 0 saturated carbocycles. The van der Waals surface area contributed by atoms with E-state index in [1.807, 2.05) is 0 Å². The molecule has 1 atom stereocenters. The van der Waals surface area contributed by atoms with Crippen molar-refractivity contribution in [1.29, 1.82) is 0 Å². The lowest BCUT2D eigenvalue weighted by Crippen LogP contribution is -2.19. The van der Waals surface area contributed by atoms with Crippen LogP contribution in [0.4, 0.5) is 4.39 Å². The number of methoxy groups -OCH3 is 1. The molecule has 0 spiro atoms.